The number of carbonyl (C=O) groups excluding carboxylic acids is 1. The van der Waals surface area contributed by atoms with Crippen molar-refractivity contribution in [3.8, 4) is 0 Å². The minimum absolute atomic E-state index is 0.00504. The Morgan fingerprint density at radius 1 is 1.60 bits per heavy atom. The zero-order valence-electron chi connectivity index (χ0n) is 10.3. The van der Waals surface area contributed by atoms with E-state index in [1.807, 2.05) is 19.0 Å². The number of carbonyl (C=O) groups is 1. The Labute approximate surface area is 92.4 Å². The Hall–Kier alpha value is -0.610. The molecule has 1 aliphatic heterocycles. The predicted octanol–water partition coefficient (Wildman–Crippen LogP) is 0.972. The highest BCUT2D eigenvalue weighted by Crippen LogP contribution is 2.31. The maximum absolute atomic E-state index is 11.8. The minimum Gasteiger partial charge on any atom is -0.328 e. The van der Waals surface area contributed by atoms with E-state index in [1.165, 1.54) is 0 Å². The fourth-order valence-corrected chi connectivity index (χ4v) is 1.94. The summed E-state index contributed by atoms with van der Waals surface area (Å²) in [6, 6.07) is 0.152. The third-order valence-electron chi connectivity index (χ3n) is 3.52. The lowest BCUT2D eigenvalue weighted by Crippen LogP contribution is -2.46. The highest BCUT2D eigenvalue weighted by molar-refractivity contribution is 5.79. The van der Waals surface area contributed by atoms with E-state index in [0.29, 0.717) is 6.42 Å². The molecule has 2 N–H and O–H groups in total. The number of nitrogens with two attached hydrogens (primary N) is 1. The second kappa shape index (κ2) is 4.49. The van der Waals surface area contributed by atoms with Gasteiger partial charge in [-0.2, -0.15) is 0 Å². The summed E-state index contributed by atoms with van der Waals surface area (Å²) in [4.78, 5) is 11.8. The third kappa shape index (κ3) is 2.49. The molecular weight excluding hydrogens is 190 g/mol. The Kier molecular flexibility index (Phi) is 3.73. The van der Waals surface area contributed by atoms with Crippen molar-refractivity contribution in [3.05, 3.63) is 0 Å². The van der Waals surface area contributed by atoms with Crippen molar-refractivity contribution in [2.24, 2.45) is 5.73 Å². The van der Waals surface area contributed by atoms with Crippen LogP contribution < -0.4 is 5.73 Å². The van der Waals surface area contributed by atoms with Gasteiger partial charge in [0.25, 0.3) is 0 Å². The Balaban J connectivity index is 2.63. The maximum Gasteiger partial charge on any atom is 0.238 e. The molecule has 0 aromatic rings. The Bertz CT molecular complexity index is 242. The molecule has 88 valence electrons. The molecule has 1 heterocycles. The van der Waals surface area contributed by atoms with Crippen LogP contribution in [-0.2, 0) is 4.79 Å². The van der Waals surface area contributed by atoms with Gasteiger partial charge in [-0.05, 0) is 26.7 Å². The summed E-state index contributed by atoms with van der Waals surface area (Å²) in [6.45, 7) is 6.97. The molecule has 15 heavy (non-hydrogen) atoms. The van der Waals surface area contributed by atoms with Gasteiger partial charge in [0.05, 0.1) is 0 Å². The van der Waals surface area contributed by atoms with Gasteiger partial charge in [0, 0.05) is 31.6 Å². The first-order valence-electron chi connectivity index (χ1n) is 5.70. The molecular formula is C11H23N3O. The van der Waals surface area contributed by atoms with Crippen molar-refractivity contribution >= 4 is 5.91 Å². The molecule has 0 radical (unpaired) electrons. The molecule has 1 amide bonds. The number of hydrazine groups is 1. The second-order valence-corrected chi connectivity index (χ2v) is 4.83. The summed E-state index contributed by atoms with van der Waals surface area (Å²) in [6.07, 6.45) is 2.47. The van der Waals surface area contributed by atoms with Gasteiger partial charge in [0.1, 0.15) is 0 Å². The van der Waals surface area contributed by atoms with Gasteiger partial charge in [-0.3, -0.25) is 9.80 Å². The molecule has 4 heteroatoms. The first-order chi connectivity index (χ1) is 6.90. The van der Waals surface area contributed by atoms with E-state index in [9.17, 15) is 4.79 Å². The third-order valence-corrected chi connectivity index (χ3v) is 3.52. The second-order valence-electron chi connectivity index (χ2n) is 4.83. The van der Waals surface area contributed by atoms with E-state index in [0.717, 1.165) is 19.4 Å². The molecule has 0 aliphatic carbocycles. The predicted molar refractivity (Wildman–Crippen MR) is 61.1 cm³/mol. The van der Waals surface area contributed by atoms with Gasteiger partial charge in [0.2, 0.25) is 5.91 Å². The van der Waals surface area contributed by atoms with Crippen LogP contribution >= 0.6 is 0 Å². The fraction of sp³-hybridized carbons (Fsp3) is 0.909. The minimum atomic E-state index is -0.00504. The van der Waals surface area contributed by atoms with Gasteiger partial charge in [-0.25, -0.2) is 5.01 Å². The normalized spacial score (nSPS) is 29.9. The van der Waals surface area contributed by atoms with Crippen LogP contribution in [0.15, 0.2) is 0 Å². The first kappa shape index (κ1) is 12.5. The molecule has 0 saturated carbocycles. The maximum atomic E-state index is 11.8. The van der Waals surface area contributed by atoms with Gasteiger partial charge in [-0.15, -0.1) is 0 Å². The smallest absolute Gasteiger partial charge is 0.238 e. The molecule has 2 unspecified atom stereocenters. The van der Waals surface area contributed by atoms with Crippen molar-refractivity contribution in [1.82, 2.24) is 10.0 Å². The molecule has 1 saturated heterocycles. The summed E-state index contributed by atoms with van der Waals surface area (Å²) >= 11 is 0. The van der Waals surface area contributed by atoms with E-state index < -0.39 is 0 Å². The number of nitrogens with zero attached hydrogens (tertiary/aromatic N) is 2. The number of amides is 1. The van der Waals surface area contributed by atoms with E-state index in [2.05, 4.69) is 18.9 Å². The largest absolute Gasteiger partial charge is 0.328 e. The van der Waals surface area contributed by atoms with E-state index in [4.69, 9.17) is 5.73 Å². The average molecular weight is 213 g/mol. The van der Waals surface area contributed by atoms with Crippen LogP contribution in [0.3, 0.4) is 0 Å². The molecule has 4 nitrogen and oxygen atoms in total. The summed E-state index contributed by atoms with van der Waals surface area (Å²) < 4.78 is 0. The molecule has 1 aliphatic rings. The van der Waals surface area contributed by atoms with Crippen molar-refractivity contribution in [1.29, 1.82) is 0 Å². The quantitative estimate of drug-likeness (QED) is 0.757. The summed E-state index contributed by atoms with van der Waals surface area (Å²) in [5.74, 6) is 0.225. The SMILES string of the molecule is CCC1(C)CC(=O)N(CCC(C)N)N1C. The number of rotatable bonds is 4. The van der Waals surface area contributed by atoms with Crippen molar-refractivity contribution in [2.45, 2.75) is 51.6 Å². The molecule has 0 aromatic heterocycles. The van der Waals surface area contributed by atoms with Crippen molar-refractivity contribution < 1.29 is 4.79 Å². The van der Waals surface area contributed by atoms with E-state index >= 15 is 0 Å². The van der Waals surface area contributed by atoms with Crippen LogP contribution in [0.4, 0.5) is 0 Å². The molecule has 1 rings (SSSR count). The van der Waals surface area contributed by atoms with Crippen LogP contribution in [0.5, 0.6) is 0 Å². The zero-order valence-corrected chi connectivity index (χ0v) is 10.3. The molecule has 0 aromatic carbocycles. The van der Waals surface area contributed by atoms with Crippen LogP contribution in [-0.4, -0.2) is 41.1 Å². The van der Waals surface area contributed by atoms with Crippen molar-refractivity contribution in [3.63, 3.8) is 0 Å². The van der Waals surface area contributed by atoms with Gasteiger partial charge < -0.3 is 5.73 Å². The van der Waals surface area contributed by atoms with Crippen LogP contribution in [0, 0.1) is 0 Å². The lowest BCUT2D eigenvalue weighted by atomic mass is 9.96. The molecule has 0 spiro atoms. The summed E-state index contributed by atoms with van der Waals surface area (Å²) in [7, 11) is 2.00. The Morgan fingerprint density at radius 3 is 2.60 bits per heavy atom. The molecule has 0 bridgehead atoms. The zero-order chi connectivity index (χ0) is 11.6. The number of hydrogen-bond acceptors (Lipinski definition) is 3. The standard InChI is InChI=1S/C11H23N3O/c1-5-11(3)8-10(15)14(13(11)4)7-6-9(2)12/h9H,5-8,12H2,1-4H3. The van der Waals surface area contributed by atoms with Crippen molar-refractivity contribution in [2.75, 3.05) is 13.6 Å². The number of hydrogen-bond donors (Lipinski definition) is 1. The van der Waals surface area contributed by atoms with Crippen LogP contribution in [0.2, 0.25) is 0 Å². The van der Waals surface area contributed by atoms with Gasteiger partial charge in [0.15, 0.2) is 0 Å². The van der Waals surface area contributed by atoms with Gasteiger partial charge >= 0.3 is 0 Å². The lowest BCUT2D eigenvalue weighted by molar-refractivity contribution is -0.138. The highest BCUT2D eigenvalue weighted by atomic mass is 16.2. The summed E-state index contributed by atoms with van der Waals surface area (Å²) in [5.41, 5.74) is 5.70. The highest BCUT2D eigenvalue weighted by Gasteiger charge is 2.42. The van der Waals surface area contributed by atoms with E-state index in [1.54, 1.807) is 0 Å². The summed E-state index contributed by atoms with van der Waals surface area (Å²) in [5, 5.41) is 3.92. The van der Waals surface area contributed by atoms with Gasteiger partial charge in [-0.1, -0.05) is 6.92 Å². The van der Waals surface area contributed by atoms with Crippen LogP contribution in [0.25, 0.3) is 0 Å². The fourth-order valence-electron chi connectivity index (χ4n) is 1.94. The average Bonchev–Trinajstić information content (AvgIpc) is 2.37. The lowest BCUT2D eigenvalue weighted by Gasteiger charge is -2.35. The molecule has 1 fully saturated rings. The monoisotopic (exact) mass is 213 g/mol. The van der Waals surface area contributed by atoms with E-state index in [-0.39, 0.29) is 17.5 Å². The Morgan fingerprint density at radius 2 is 2.20 bits per heavy atom. The first-order valence-corrected chi connectivity index (χ1v) is 5.70. The van der Waals surface area contributed by atoms with Crippen LogP contribution in [0.1, 0.15) is 40.0 Å². The molecule has 2 atom stereocenters. The topological polar surface area (TPSA) is 49.6 Å².